The van der Waals surface area contributed by atoms with E-state index in [4.69, 9.17) is 9.47 Å². The zero-order valence-corrected chi connectivity index (χ0v) is 16.4. The van der Waals surface area contributed by atoms with Crippen LogP contribution in [-0.4, -0.2) is 42.0 Å². The Kier molecular flexibility index (Phi) is 7.86. The van der Waals surface area contributed by atoms with Crippen LogP contribution in [0.4, 0.5) is 11.4 Å². The van der Waals surface area contributed by atoms with Gasteiger partial charge in [0.1, 0.15) is 11.8 Å². The van der Waals surface area contributed by atoms with Gasteiger partial charge in [-0.25, -0.2) is 4.79 Å². The number of benzene rings is 2. The second-order valence-corrected chi connectivity index (χ2v) is 6.12. The van der Waals surface area contributed by atoms with Crippen molar-refractivity contribution in [3.8, 4) is 5.75 Å². The van der Waals surface area contributed by atoms with E-state index >= 15 is 0 Å². The smallest absolute Gasteiger partial charge is 0.328 e. The number of esters is 1. The first kappa shape index (κ1) is 22.3. The fourth-order valence-corrected chi connectivity index (χ4v) is 2.36. The molecule has 0 aliphatic rings. The third-order valence-corrected chi connectivity index (χ3v) is 3.81. The zero-order valence-electron chi connectivity index (χ0n) is 16.4. The largest absolute Gasteiger partial charge is 0.494 e. The molecule has 2 aromatic carbocycles. The first-order chi connectivity index (χ1) is 14.3. The van der Waals surface area contributed by atoms with Crippen LogP contribution < -0.4 is 15.4 Å². The molecule has 10 heteroatoms. The number of carbonyl (C=O) groups is 3. The molecule has 0 spiro atoms. The molecule has 1 atom stereocenters. The number of hydrogen-bond donors (Lipinski definition) is 2. The number of non-ortho nitro benzene ring substituents is 1. The van der Waals surface area contributed by atoms with E-state index in [0.717, 1.165) is 6.07 Å². The summed E-state index contributed by atoms with van der Waals surface area (Å²) in [5, 5.41) is 15.7. The molecule has 30 heavy (non-hydrogen) atoms. The number of hydrogen-bond acceptors (Lipinski definition) is 7. The molecule has 0 aliphatic heterocycles. The number of amides is 2. The predicted octanol–water partition coefficient (Wildman–Crippen LogP) is 2.29. The van der Waals surface area contributed by atoms with Crippen molar-refractivity contribution < 1.29 is 28.8 Å². The molecule has 0 aliphatic carbocycles. The fourth-order valence-electron chi connectivity index (χ4n) is 2.36. The van der Waals surface area contributed by atoms with Crippen LogP contribution in [0.5, 0.6) is 5.75 Å². The van der Waals surface area contributed by atoms with Crippen molar-refractivity contribution in [1.82, 2.24) is 5.32 Å². The molecular weight excluding hydrogens is 394 g/mol. The summed E-state index contributed by atoms with van der Waals surface area (Å²) in [6.07, 6.45) is 0. The van der Waals surface area contributed by atoms with Gasteiger partial charge in [0.25, 0.3) is 17.5 Å². The molecule has 2 rings (SSSR count). The van der Waals surface area contributed by atoms with Gasteiger partial charge in [0.05, 0.1) is 11.5 Å². The highest BCUT2D eigenvalue weighted by Gasteiger charge is 2.20. The van der Waals surface area contributed by atoms with E-state index in [0.29, 0.717) is 18.0 Å². The molecule has 0 saturated carbocycles. The summed E-state index contributed by atoms with van der Waals surface area (Å²) >= 11 is 0. The van der Waals surface area contributed by atoms with Gasteiger partial charge >= 0.3 is 5.97 Å². The minimum Gasteiger partial charge on any atom is -0.494 e. The number of ether oxygens (including phenoxy) is 2. The Morgan fingerprint density at radius 1 is 1.13 bits per heavy atom. The normalized spacial score (nSPS) is 11.1. The van der Waals surface area contributed by atoms with E-state index < -0.39 is 35.4 Å². The number of nitro benzene ring substituents is 1. The lowest BCUT2D eigenvalue weighted by molar-refractivity contribution is -0.384. The van der Waals surface area contributed by atoms with Crippen LogP contribution in [0.15, 0.2) is 48.5 Å². The van der Waals surface area contributed by atoms with Crippen molar-refractivity contribution in [1.29, 1.82) is 0 Å². The van der Waals surface area contributed by atoms with Gasteiger partial charge in [-0.1, -0.05) is 6.07 Å². The molecule has 2 amide bonds. The lowest BCUT2D eigenvalue weighted by Gasteiger charge is -2.13. The van der Waals surface area contributed by atoms with Gasteiger partial charge in [0, 0.05) is 23.4 Å². The predicted molar refractivity (Wildman–Crippen MR) is 107 cm³/mol. The summed E-state index contributed by atoms with van der Waals surface area (Å²) in [7, 11) is 0. The standard InChI is InChI=1S/C20H21N3O7/c1-3-29-17-9-7-15(8-10-17)22-18(24)12-30-20(26)13(2)21-19(25)14-5-4-6-16(11-14)23(27)28/h4-11,13H,3,12H2,1-2H3,(H,21,25)(H,22,24)/t13-/m0/s1. The number of nitrogens with one attached hydrogen (secondary N) is 2. The van der Waals surface area contributed by atoms with Gasteiger partial charge in [0.15, 0.2) is 6.61 Å². The Morgan fingerprint density at radius 2 is 1.83 bits per heavy atom. The lowest BCUT2D eigenvalue weighted by Crippen LogP contribution is -2.40. The van der Waals surface area contributed by atoms with Crippen molar-refractivity contribution in [3.05, 3.63) is 64.2 Å². The summed E-state index contributed by atoms with van der Waals surface area (Å²) in [6.45, 7) is 3.22. The number of nitrogens with zero attached hydrogens (tertiary/aromatic N) is 1. The first-order valence-electron chi connectivity index (χ1n) is 9.04. The van der Waals surface area contributed by atoms with E-state index in [1.54, 1.807) is 24.3 Å². The molecule has 2 N–H and O–H groups in total. The van der Waals surface area contributed by atoms with E-state index in [1.165, 1.54) is 25.1 Å². The second-order valence-electron chi connectivity index (χ2n) is 6.12. The van der Waals surface area contributed by atoms with Gasteiger partial charge < -0.3 is 20.1 Å². The van der Waals surface area contributed by atoms with Crippen LogP contribution in [0.2, 0.25) is 0 Å². The average molecular weight is 415 g/mol. The van der Waals surface area contributed by atoms with Crippen LogP contribution in [0, 0.1) is 10.1 Å². The number of nitro groups is 1. The SMILES string of the molecule is CCOc1ccc(NC(=O)COC(=O)[C@H](C)NC(=O)c2cccc([N+](=O)[O-])c2)cc1. The number of anilines is 1. The van der Waals surface area contributed by atoms with Crippen LogP contribution >= 0.6 is 0 Å². The highest BCUT2D eigenvalue weighted by atomic mass is 16.6. The third kappa shape index (κ3) is 6.59. The van der Waals surface area contributed by atoms with Crippen molar-refractivity contribution in [2.24, 2.45) is 0 Å². The molecule has 0 heterocycles. The Labute approximate surface area is 172 Å². The highest BCUT2D eigenvalue weighted by Crippen LogP contribution is 2.15. The van der Waals surface area contributed by atoms with Crippen molar-refractivity contribution in [3.63, 3.8) is 0 Å². The topological polar surface area (TPSA) is 137 Å². The van der Waals surface area contributed by atoms with Gasteiger partial charge in [0.2, 0.25) is 0 Å². The minimum absolute atomic E-state index is 0.0251. The van der Waals surface area contributed by atoms with E-state index in [2.05, 4.69) is 10.6 Å². The molecule has 0 radical (unpaired) electrons. The highest BCUT2D eigenvalue weighted by molar-refractivity contribution is 5.97. The summed E-state index contributed by atoms with van der Waals surface area (Å²) in [4.78, 5) is 46.3. The van der Waals surface area contributed by atoms with Crippen LogP contribution in [0.3, 0.4) is 0 Å². The molecule has 0 aromatic heterocycles. The minimum atomic E-state index is -1.06. The maximum atomic E-state index is 12.2. The summed E-state index contributed by atoms with van der Waals surface area (Å²) in [6, 6.07) is 10.7. The molecule has 0 bridgehead atoms. The number of carbonyl (C=O) groups excluding carboxylic acids is 3. The van der Waals surface area contributed by atoms with Crippen molar-refractivity contribution in [2.45, 2.75) is 19.9 Å². The van der Waals surface area contributed by atoms with Gasteiger partial charge in [-0.3, -0.25) is 19.7 Å². The Morgan fingerprint density at radius 3 is 2.47 bits per heavy atom. The van der Waals surface area contributed by atoms with E-state index in [9.17, 15) is 24.5 Å². The number of rotatable bonds is 9. The quantitative estimate of drug-likeness (QED) is 0.364. The van der Waals surface area contributed by atoms with Crippen molar-refractivity contribution >= 4 is 29.2 Å². The Hall–Kier alpha value is -3.95. The second kappa shape index (κ2) is 10.6. The molecule has 0 fully saturated rings. The molecule has 158 valence electrons. The summed E-state index contributed by atoms with van der Waals surface area (Å²) in [5.74, 6) is -1.39. The van der Waals surface area contributed by atoms with Crippen LogP contribution in [-0.2, 0) is 14.3 Å². The lowest BCUT2D eigenvalue weighted by atomic mass is 10.2. The van der Waals surface area contributed by atoms with Crippen LogP contribution in [0.25, 0.3) is 0 Å². The van der Waals surface area contributed by atoms with Gasteiger partial charge in [-0.05, 0) is 44.2 Å². The maximum Gasteiger partial charge on any atom is 0.328 e. The Bertz CT molecular complexity index is 928. The zero-order chi connectivity index (χ0) is 22.1. The van der Waals surface area contributed by atoms with E-state index in [-0.39, 0.29) is 11.3 Å². The molecule has 0 unspecified atom stereocenters. The van der Waals surface area contributed by atoms with Gasteiger partial charge in [-0.15, -0.1) is 0 Å². The third-order valence-electron chi connectivity index (χ3n) is 3.81. The fraction of sp³-hybridized carbons (Fsp3) is 0.250. The van der Waals surface area contributed by atoms with Crippen LogP contribution in [0.1, 0.15) is 24.2 Å². The maximum absolute atomic E-state index is 12.2. The summed E-state index contributed by atoms with van der Waals surface area (Å²) in [5.41, 5.74) is 0.285. The molecular formula is C20H21N3O7. The van der Waals surface area contributed by atoms with E-state index in [1.807, 2.05) is 6.92 Å². The summed E-state index contributed by atoms with van der Waals surface area (Å²) < 4.78 is 10.2. The van der Waals surface area contributed by atoms with Crippen molar-refractivity contribution in [2.75, 3.05) is 18.5 Å². The van der Waals surface area contributed by atoms with Gasteiger partial charge in [-0.2, -0.15) is 0 Å². The molecule has 0 saturated heterocycles. The average Bonchev–Trinajstić information content (AvgIpc) is 2.73. The molecule has 2 aromatic rings. The Balaban J connectivity index is 1.82. The monoisotopic (exact) mass is 415 g/mol. The molecule has 10 nitrogen and oxygen atoms in total. The first-order valence-corrected chi connectivity index (χ1v) is 9.04.